The van der Waals surface area contributed by atoms with Gasteiger partial charge in [0.05, 0.1) is 74.5 Å². The maximum Gasteiger partial charge on any atom is 0.330 e. The van der Waals surface area contributed by atoms with Crippen molar-refractivity contribution in [2.75, 3.05) is 51.2 Å². The molecule has 0 bridgehead atoms. The first-order valence-corrected chi connectivity index (χ1v) is 29.4. The van der Waals surface area contributed by atoms with Gasteiger partial charge >= 0.3 is 23.9 Å². The van der Waals surface area contributed by atoms with Gasteiger partial charge < -0.3 is 38.2 Å². The van der Waals surface area contributed by atoms with Crippen molar-refractivity contribution in [1.82, 2.24) is 4.98 Å². The molecule has 0 radical (unpaired) electrons. The van der Waals surface area contributed by atoms with Crippen LogP contribution in [0.4, 0.5) is 5.13 Å². The molecule has 2 saturated carbocycles. The fourth-order valence-corrected chi connectivity index (χ4v) is 10.3. The van der Waals surface area contributed by atoms with E-state index < -0.39 is 11.9 Å². The first-order valence-electron chi connectivity index (χ1n) is 28.5. The largest absolute Gasteiger partial charge is 0.494 e. The zero-order chi connectivity index (χ0) is 57.7. The number of para-hydroxylation sites is 1. The highest BCUT2D eigenvalue weighted by Gasteiger charge is 2.30. The Bertz CT molecular complexity index is 2820. The van der Waals surface area contributed by atoms with Gasteiger partial charge in [-0.3, -0.25) is 9.59 Å². The van der Waals surface area contributed by atoms with Crippen LogP contribution in [0.25, 0.3) is 10.2 Å². The number of rotatable bonds is 35. The summed E-state index contributed by atoms with van der Waals surface area (Å²) in [5.74, 6) is 1.74. The molecule has 438 valence electrons. The molecule has 5 aromatic rings. The maximum atomic E-state index is 13.7. The number of fused-ring (bicyclic) bond motifs is 1. The Kier molecular flexibility index (Phi) is 25.8. The van der Waals surface area contributed by atoms with Crippen molar-refractivity contribution in [3.05, 3.63) is 134 Å². The van der Waals surface area contributed by atoms with Gasteiger partial charge in [-0.05, 0) is 200 Å². The van der Waals surface area contributed by atoms with E-state index >= 15 is 0 Å². The average molecular weight is 1140 g/mol. The first-order chi connectivity index (χ1) is 40.0. The van der Waals surface area contributed by atoms with Crippen LogP contribution in [0.1, 0.15) is 115 Å². The van der Waals surface area contributed by atoms with Gasteiger partial charge in [0, 0.05) is 17.7 Å². The fraction of sp³-hybridized carbons (Fsp3) is 0.438. The van der Waals surface area contributed by atoms with Crippen molar-refractivity contribution in [2.45, 2.75) is 110 Å². The molecule has 7 rings (SSSR count). The number of carbonyl (C=O) groups is 4. The number of carbonyl (C=O) groups excluding carboxylic acids is 4. The fourth-order valence-electron chi connectivity index (χ4n) is 9.36. The topological polar surface area (TPSA) is 189 Å². The van der Waals surface area contributed by atoms with Crippen molar-refractivity contribution in [3.8, 4) is 34.5 Å². The van der Waals surface area contributed by atoms with Crippen molar-refractivity contribution in [1.29, 1.82) is 0 Å². The van der Waals surface area contributed by atoms with Crippen molar-refractivity contribution < 1.29 is 67.1 Å². The number of unbranched alkanes of at least 4 members (excludes halogenated alkanes) is 6. The number of thiazole rings is 1. The Morgan fingerprint density at radius 1 is 0.598 bits per heavy atom. The number of hydrogen-bond donors (Lipinski definition) is 0. The summed E-state index contributed by atoms with van der Waals surface area (Å²) in [6.07, 6.45) is 16.9. The summed E-state index contributed by atoms with van der Waals surface area (Å²) < 4.78 is 34.5. The van der Waals surface area contributed by atoms with Gasteiger partial charge in [-0.1, -0.05) is 48.8 Å². The lowest BCUT2D eigenvalue weighted by atomic mass is 9.82. The Balaban J connectivity index is 0.849. The van der Waals surface area contributed by atoms with Crippen LogP contribution < -0.4 is 33.7 Å². The molecule has 0 atom stereocenters. The van der Waals surface area contributed by atoms with Crippen molar-refractivity contribution >= 4 is 56.8 Å². The summed E-state index contributed by atoms with van der Waals surface area (Å²) in [6, 6.07) is 27.4. The van der Waals surface area contributed by atoms with Crippen LogP contribution >= 0.6 is 11.3 Å². The van der Waals surface area contributed by atoms with Crippen LogP contribution in [0.2, 0.25) is 0 Å². The molecule has 1 heterocycles. The quantitative estimate of drug-likeness (QED) is 0.00544. The number of benzene rings is 4. The van der Waals surface area contributed by atoms with Gasteiger partial charge in [0.15, 0.2) is 11.5 Å². The van der Waals surface area contributed by atoms with Gasteiger partial charge in [-0.2, -0.15) is 14.9 Å². The van der Waals surface area contributed by atoms with Crippen molar-refractivity contribution in [2.24, 2.45) is 28.8 Å². The molecule has 2 aliphatic carbocycles. The predicted octanol–water partition coefficient (Wildman–Crippen LogP) is 13.5. The number of aromatic nitrogens is 1. The lowest BCUT2D eigenvalue weighted by Crippen LogP contribution is -2.27. The molecule has 0 N–H and O–H groups in total. The van der Waals surface area contributed by atoms with Crippen LogP contribution in [0, 0.1) is 23.7 Å². The lowest BCUT2D eigenvalue weighted by molar-refractivity contribution is -0.218. The number of anilines is 1. The third kappa shape index (κ3) is 21.4. The molecule has 0 amide bonds. The Morgan fingerprint density at radius 3 is 1.62 bits per heavy atom. The molecule has 0 aliphatic heterocycles. The van der Waals surface area contributed by atoms with E-state index in [1.54, 1.807) is 65.8 Å². The van der Waals surface area contributed by atoms with Gasteiger partial charge in [0.1, 0.15) is 23.0 Å². The van der Waals surface area contributed by atoms with Crippen LogP contribution in [-0.2, 0) is 38.4 Å². The zero-order valence-corrected chi connectivity index (χ0v) is 47.9. The van der Waals surface area contributed by atoms with Crippen LogP contribution in [0.15, 0.2) is 134 Å². The Morgan fingerprint density at radius 2 is 1.09 bits per heavy atom. The second-order valence-electron chi connectivity index (χ2n) is 20.6. The molecule has 0 saturated heterocycles. The lowest BCUT2D eigenvalue weighted by Gasteiger charge is -2.27. The van der Waals surface area contributed by atoms with Gasteiger partial charge in [-0.25, -0.2) is 19.6 Å². The van der Waals surface area contributed by atoms with E-state index in [9.17, 15) is 19.2 Å². The molecule has 4 aromatic carbocycles. The number of ether oxygens (including phenoxy) is 6. The summed E-state index contributed by atoms with van der Waals surface area (Å²) >= 11 is 1.52. The van der Waals surface area contributed by atoms with Gasteiger partial charge in [0.25, 0.3) is 0 Å². The van der Waals surface area contributed by atoms with E-state index in [4.69, 9.17) is 58.1 Å². The monoisotopic (exact) mass is 1140 g/mol. The minimum Gasteiger partial charge on any atom is -0.494 e. The third-order valence-electron chi connectivity index (χ3n) is 14.0. The second-order valence-corrected chi connectivity index (χ2v) is 21.7. The third-order valence-corrected chi connectivity index (χ3v) is 15.1. The van der Waals surface area contributed by atoms with Crippen LogP contribution in [0.5, 0.6) is 34.5 Å². The van der Waals surface area contributed by atoms with E-state index in [0.717, 1.165) is 98.6 Å². The Labute approximate surface area is 485 Å². The summed E-state index contributed by atoms with van der Waals surface area (Å²) in [6.45, 7) is 15.9. The van der Waals surface area contributed by atoms with Crippen molar-refractivity contribution in [3.63, 3.8) is 0 Å². The minimum absolute atomic E-state index is 0.160. The molecule has 18 heteroatoms. The molecule has 1 aromatic heterocycles. The second kappa shape index (κ2) is 34.0. The molecule has 0 spiro atoms. The van der Waals surface area contributed by atoms with E-state index in [2.05, 4.69) is 19.7 Å². The summed E-state index contributed by atoms with van der Waals surface area (Å²) in [7, 11) is 0. The van der Waals surface area contributed by atoms with Crippen LogP contribution in [-0.4, -0.2) is 81.3 Å². The standard InChI is InChI=1S/C64H77N3O14S/c1-5-60(68)74-39-15-9-7-13-37-72-52-27-31-54(32-28-52)78-62(70)49-23-21-48(22-24-49)45-77-81-58-36-35-56(41-51(58)42-65-67(43-46(3)4)64-66-57-17-11-12-18-59(57)82-64)79-63(71)50-25-19-47(20-26-50)44-76-80-55-33-29-53(30-34-55)73-38-14-8-10-16-40-75-61(69)6-2/h5-6,11-12,17-18,27-36,41-42,47-50H,1-3,7-10,13-16,19-26,37-40,43-45H2,4H3/b65-42+. The number of esters is 4. The van der Waals surface area contributed by atoms with E-state index in [0.29, 0.717) is 111 Å². The summed E-state index contributed by atoms with van der Waals surface area (Å²) in [5.41, 5.74) is 2.28. The molecule has 2 aliphatic rings. The number of hydrazone groups is 1. The molecular weight excluding hydrogens is 1070 g/mol. The highest BCUT2D eigenvalue weighted by atomic mass is 32.1. The number of hydrogen-bond acceptors (Lipinski definition) is 18. The molecule has 0 unspecified atom stereocenters. The maximum absolute atomic E-state index is 13.7. The average Bonchev–Trinajstić information content (AvgIpc) is 4.09. The normalized spacial score (nSPS) is 16.8. The first kappa shape index (κ1) is 62.1. The highest BCUT2D eigenvalue weighted by molar-refractivity contribution is 7.22. The van der Waals surface area contributed by atoms with E-state index in [-0.39, 0.29) is 35.6 Å². The van der Waals surface area contributed by atoms with E-state index in [1.165, 1.54) is 23.5 Å². The number of nitrogens with zero attached hydrogens (tertiary/aromatic N) is 3. The van der Waals surface area contributed by atoms with Crippen LogP contribution in [0.3, 0.4) is 0 Å². The predicted molar refractivity (Wildman–Crippen MR) is 314 cm³/mol. The van der Waals surface area contributed by atoms with Gasteiger partial charge in [0.2, 0.25) is 5.13 Å². The van der Waals surface area contributed by atoms with Gasteiger partial charge in [-0.15, -0.1) is 0 Å². The smallest absolute Gasteiger partial charge is 0.330 e. The molecule has 17 nitrogen and oxygen atoms in total. The highest BCUT2D eigenvalue weighted by Crippen LogP contribution is 2.35. The summed E-state index contributed by atoms with van der Waals surface area (Å²) in [5, 5.41) is 7.34. The SMILES string of the molecule is C=CC(=O)OCCCCCCOc1ccc(OOCC2CCC(C(=O)Oc3ccc(OOCC4CCC(C(=O)Oc5ccc(OCCCCCCOC(=O)C=C)cc5)CC4)c(/C=N/N(CC(=C)C)c4nc5ccccc5s4)c3)CC2)cc1. The minimum atomic E-state index is -0.401. The van der Waals surface area contributed by atoms with E-state index in [1.807, 2.05) is 43.3 Å². The zero-order valence-electron chi connectivity index (χ0n) is 47.1. The molecule has 2 fully saturated rings. The molecular formula is C64H77N3O14S. The molecule has 82 heavy (non-hydrogen) atoms. The summed E-state index contributed by atoms with van der Waals surface area (Å²) in [4.78, 5) is 77.1. The Hall–Kier alpha value is -7.54.